The summed E-state index contributed by atoms with van der Waals surface area (Å²) in [5.74, 6) is -0.0287. The average molecular weight is 255 g/mol. The molecule has 0 aliphatic heterocycles. The van der Waals surface area contributed by atoms with Crippen LogP contribution < -0.4 is 11.1 Å². The van der Waals surface area contributed by atoms with Crippen molar-refractivity contribution in [3.8, 4) is 0 Å². The number of amides is 1. The molecule has 0 bridgehead atoms. The highest BCUT2D eigenvalue weighted by molar-refractivity contribution is 6.31. The molecule has 17 heavy (non-hydrogen) atoms. The van der Waals surface area contributed by atoms with E-state index in [2.05, 4.69) is 5.32 Å². The van der Waals surface area contributed by atoms with Gasteiger partial charge < -0.3 is 11.1 Å². The molecule has 3 N–H and O–H groups in total. The van der Waals surface area contributed by atoms with Crippen LogP contribution in [-0.4, -0.2) is 19.0 Å². The predicted octanol–water partition coefficient (Wildman–Crippen LogP) is 2.08. The van der Waals surface area contributed by atoms with Crippen LogP contribution in [0.15, 0.2) is 24.3 Å². The van der Waals surface area contributed by atoms with Crippen LogP contribution in [0.1, 0.15) is 25.8 Å². The van der Waals surface area contributed by atoms with Crippen molar-refractivity contribution in [2.45, 2.75) is 25.7 Å². The Balaban J connectivity index is 2.80. The first-order valence-corrected chi connectivity index (χ1v) is 6.11. The summed E-state index contributed by atoms with van der Waals surface area (Å²) >= 11 is 6.11. The maximum Gasteiger partial charge on any atom is 0.230 e. The van der Waals surface area contributed by atoms with Crippen molar-refractivity contribution in [1.82, 2.24) is 5.32 Å². The minimum Gasteiger partial charge on any atom is -0.355 e. The molecule has 1 aromatic rings. The average Bonchev–Trinajstić information content (AvgIpc) is 2.29. The van der Waals surface area contributed by atoms with Crippen LogP contribution in [0.3, 0.4) is 0 Å². The molecular weight excluding hydrogens is 236 g/mol. The molecule has 0 radical (unpaired) electrons. The number of nitrogens with two attached hydrogens (primary N) is 1. The van der Waals surface area contributed by atoms with E-state index in [-0.39, 0.29) is 5.91 Å². The molecule has 0 fully saturated rings. The lowest BCUT2D eigenvalue weighted by molar-refractivity contribution is -0.125. The summed E-state index contributed by atoms with van der Waals surface area (Å²) in [6.45, 7) is 4.91. The fourth-order valence-electron chi connectivity index (χ4n) is 1.62. The van der Waals surface area contributed by atoms with Crippen molar-refractivity contribution in [2.24, 2.45) is 5.73 Å². The first-order valence-electron chi connectivity index (χ1n) is 5.73. The first kappa shape index (κ1) is 14.0. The molecule has 1 rings (SSSR count). The van der Waals surface area contributed by atoms with E-state index in [4.69, 9.17) is 17.3 Å². The van der Waals surface area contributed by atoms with Gasteiger partial charge in [0.05, 0.1) is 5.41 Å². The number of rotatable bonds is 5. The van der Waals surface area contributed by atoms with Crippen molar-refractivity contribution < 1.29 is 4.79 Å². The monoisotopic (exact) mass is 254 g/mol. The predicted molar refractivity (Wildman–Crippen MR) is 71.2 cm³/mol. The maximum absolute atomic E-state index is 12.1. The van der Waals surface area contributed by atoms with Crippen LogP contribution in [0.5, 0.6) is 0 Å². The van der Waals surface area contributed by atoms with Gasteiger partial charge in [0.1, 0.15) is 0 Å². The number of nitrogens with one attached hydrogen (secondary N) is 1. The second-order valence-electron chi connectivity index (χ2n) is 4.50. The van der Waals surface area contributed by atoms with E-state index in [1.54, 1.807) is 6.07 Å². The van der Waals surface area contributed by atoms with Gasteiger partial charge in [-0.2, -0.15) is 0 Å². The van der Waals surface area contributed by atoms with Crippen molar-refractivity contribution in [3.05, 3.63) is 34.9 Å². The smallest absolute Gasteiger partial charge is 0.230 e. The van der Waals surface area contributed by atoms with E-state index in [0.29, 0.717) is 18.1 Å². The zero-order valence-corrected chi connectivity index (χ0v) is 11.1. The number of benzene rings is 1. The Morgan fingerprint density at radius 1 is 1.41 bits per heavy atom. The van der Waals surface area contributed by atoms with Gasteiger partial charge in [0, 0.05) is 11.6 Å². The first-order chi connectivity index (χ1) is 8.00. The van der Waals surface area contributed by atoms with Crippen LogP contribution in [0, 0.1) is 0 Å². The van der Waals surface area contributed by atoms with Crippen LogP contribution >= 0.6 is 11.6 Å². The highest BCUT2D eigenvalue weighted by Crippen LogP contribution is 2.29. The van der Waals surface area contributed by atoms with Crippen molar-refractivity contribution in [2.75, 3.05) is 13.1 Å². The molecule has 4 heteroatoms. The third kappa shape index (κ3) is 3.45. The van der Waals surface area contributed by atoms with Crippen molar-refractivity contribution in [1.29, 1.82) is 0 Å². The van der Waals surface area contributed by atoms with Crippen molar-refractivity contribution in [3.63, 3.8) is 0 Å². The Hall–Kier alpha value is -1.06. The van der Waals surface area contributed by atoms with Gasteiger partial charge in [0.15, 0.2) is 0 Å². The zero-order chi connectivity index (χ0) is 12.9. The molecule has 0 saturated carbocycles. The maximum atomic E-state index is 12.1. The van der Waals surface area contributed by atoms with E-state index in [1.807, 2.05) is 32.0 Å². The highest BCUT2D eigenvalue weighted by Gasteiger charge is 2.31. The molecule has 1 aromatic carbocycles. The number of halogens is 1. The summed E-state index contributed by atoms with van der Waals surface area (Å²) in [7, 11) is 0. The summed E-state index contributed by atoms with van der Waals surface area (Å²) in [5.41, 5.74) is 5.59. The summed E-state index contributed by atoms with van der Waals surface area (Å²) in [6.07, 6.45) is 0.782. The minimum absolute atomic E-state index is 0.0287. The lowest BCUT2D eigenvalue weighted by atomic mass is 9.83. The molecular formula is C13H19ClN2O. The Labute approximate surface area is 107 Å². The number of hydrogen-bond acceptors (Lipinski definition) is 2. The number of carbonyl (C=O) groups is 1. The summed E-state index contributed by atoms with van der Waals surface area (Å²) in [6, 6.07) is 7.42. The van der Waals surface area contributed by atoms with Gasteiger partial charge in [-0.05, 0) is 38.4 Å². The molecule has 0 saturated heterocycles. The SMILES string of the molecule is CC(C)(C(=O)NCCCN)c1ccccc1Cl. The number of carbonyl (C=O) groups excluding carboxylic acids is 1. The van der Waals surface area contributed by atoms with Gasteiger partial charge in [-0.25, -0.2) is 0 Å². The van der Waals surface area contributed by atoms with Crippen LogP contribution in [0.4, 0.5) is 0 Å². The number of hydrogen-bond donors (Lipinski definition) is 2. The Morgan fingerprint density at radius 2 is 2.06 bits per heavy atom. The molecule has 1 amide bonds. The van der Waals surface area contributed by atoms with E-state index in [9.17, 15) is 4.79 Å². The third-order valence-electron chi connectivity index (χ3n) is 2.78. The van der Waals surface area contributed by atoms with Gasteiger partial charge >= 0.3 is 0 Å². The largest absolute Gasteiger partial charge is 0.355 e. The Kier molecular flexibility index (Phi) is 4.97. The van der Waals surface area contributed by atoms with Gasteiger partial charge in [-0.1, -0.05) is 29.8 Å². The molecule has 94 valence electrons. The van der Waals surface area contributed by atoms with Gasteiger partial charge in [0.2, 0.25) is 5.91 Å². The fraction of sp³-hybridized carbons (Fsp3) is 0.462. The van der Waals surface area contributed by atoms with Crippen LogP contribution in [-0.2, 0) is 10.2 Å². The molecule has 0 aliphatic rings. The quantitative estimate of drug-likeness (QED) is 0.791. The molecule has 0 atom stereocenters. The Morgan fingerprint density at radius 3 is 2.65 bits per heavy atom. The third-order valence-corrected chi connectivity index (χ3v) is 3.11. The van der Waals surface area contributed by atoms with Crippen LogP contribution in [0.2, 0.25) is 5.02 Å². The van der Waals surface area contributed by atoms with Gasteiger partial charge in [-0.3, -0.25) is 4.79 Å². The van der Waals surface area contributed by atoms with Crippen molar-refractivity contribution >= 4 is 17.5 Å². The van der Waals surface area contributed by atoms with E-state index < -0.39 is 5.41 Å². The van der Waals surface area contributed by atoms with E-state index in [0.717, 1.165) is 12.0 Å². The molecule has 3 nitrogen and oxygen atoms in total. The zero-order valence-electron chi connectivity index (χ0n) is 10.3. The highest BCUT2D eigenvalue weighted by atomic mass is 35.5. The summed E-state index contributed by atoms with van der Waals surface area (Å²) in [5, 5.41) is 3.49. The standard InChI is InChI=1S/C13H19ClN2O/c1-13(2,12(17)16-9-5-8-15)10-6-3-4-7-11(10)14/h3-4,6-7H,5,8-9,15H2,1-2H3,(H,16,17). The van der Waals surface area contributed by atoms with E-state index >= 15 is 0 Å². The molecule has 0 aliphatic carbocycles. The van der Waals surface area contributed by atoms with E-state index in [1.165, 1.54) is 0 Å². The normalized spacial score (nSPS) is 11.3. The lowest BCUT2D eigenvalue weighted by Crippen LogP contribution is -2.41. The molecule has 0 aromatic heterocycles. The van der Waals surface area contributed by atoms with Gasteiger partial charge in [0.25, 0.3) is 0 Å². The topological polar surface area (TPSA) is 55.1 Å². The molecule has 0 heterocycles. The minimum atomic E-state index is -0.632. The lowest BCUT2D eigenvalue weighted by Gasteiger charge is -2.25. The van der Waals surface area contributed by atoms with Gasteiger partial charge in [-0.15, -0.1) is 0 Å². The fourth-order valence-corrected chi connectivity index (χ4v) is 1.99. The van der Waals surface area contributed by atoms with Crippen LogP contribution in [0.25, 0.3) is 0 Å². The molecule has 0 unspecified atom stereocenters. The molecule has 0 spiro atoms. The Bertz CT molecular complexity index is 391. The second-order valence-corrected chi connectivity index (χ2v) is 4.91. The second kappa shape index (κ2) is 6.03. The summed E-state index contributed by atoms with van der Waals surface area (Å²) in [4.78, 5) is 12.1. The summed E-state index contributed by atoms with van der Waals surface area (Å²) < 4.78 is 0.